The van der Waals surface area contributed by atoms with Crippen LogP contribution in [0.1, 0.15) is 78.1 Å². The van der Waals surface area contributed by atoms with Crippen LogP contribution in [0.3, 0.4) is 0 Å². The molecule has 0 aromatic carbocycles. The Morgan fingerprint density at radius 1 is 0.870 bits per heavy atom. The van der Waals surface area contributed by atoms with Crippen molar-refractivity contribution in [3.63, 3.8) is 0 Å². The van der Waals surface area contributed by atoms with E-state index in [1.54, 1.807) is 0 Å². The summed E-state index contributed by atoms with van der Waals surface area (Å²) in [6.45, 7) is 5.02. The van der Waals surface area contributed by atoms with E-state index in [0.717, 1.165) is 30.1 Å². The lowest BCUT2D eigenvalue weighted by Gasteiger charge is -2.60. The predicted octanol–water partition coefficient (Wildman–Crippen LogP) is 4.39. The van der Waals surface area contributed by atoms with Crippen LogP contribution in [0, 0.1) is 40.4 Å². The van der Waals surface area contributed by atoms with E-state index in [1.807, 2.05) is 0 Å². The summed E-state index contributed by atoms with van der Waals surface area (Å²) < 4.78 is 0. The number of fused-ring (bicyclic) bond motifs is 5. The number of aliphatic hydroxyl groups excluding tert-OH is 2. The maximum atomic E-state index is 10.3. The zero-order valence-electron chi connectivity index (χ0n) is 15.1. The molecule has 0 aromatic rings. The topological polar surface area (TPSA) is 40.5 Å². The van der Waals surface area contributed by atoms with Crippen LogP contribution >= 0.6 is 0 Å². The van der Waals surface area contributed by atoms with Gasteiger partial charge in [0.05, 0.1) is 12.7 Å². The maximum Gasteiger partial charge on any atom is 0.0804 e. The Kier molecular flexibility index (Phi) is 4.08. The summed E-state index contributed by atoms with van der Waals surface area (Å²) in [6.07, 6.45) is 13.3. The van der Waals surface area contributed by atoms with Gasteiger partial charge in [-0.15, -0.1) is 0 Å². The fraction of sp³-hybridized carbons (Fsp3) is 1.00. The standard InChI is InChI=1S/C21H36O2/c1-20-11-4-3-5-14(20)6-7-15-16-8-9-18(19(23)13-22)21(16,2)12-10-17(15)20/h14-19,22-23H,3-13H2,1-2H3/t14-,15?,16?,17?,18+,19?,20?,21-/m0/s1. The van der Waals surface area contributed by atoms with Crippen LogP contribution in [0.5, 0.6) is 0 Å². The molecule has 0 heterocycles. The van der Waals surface area contributed by atoms with Gasteiger partial charge in [0.1, 0.15) is 0 Å². The van der Waals surface area contributed by atoms with Crippen LogP contribution < -0.4 is 0 Å². The molecule has 2 N–H and O–H groups in total. The van der Waals surface area contributed by atoms with E-state index >= 15 is 0 Å². The summed E-state index contributed by atoms with van der Waals surface area (Å²) in [6, 6.07) is 0. The van der Waals surface area contributed by atoms with E-state index in [9.17, 15) is 10.2 Å². The molecule has 2 nitrogen and oxygen atoms in total. The summed E-state index contributed by atoms with van der Waals surface area (Å²) in [5, 5.41) is 19.8. The first kappa shape index (κ1) is 16.4. The lowest BCUT2D eigenvalue weighted by atomic mass is 9.45. The highest BCUT2D eigenvalue weighted by atomic mass is 16.3. The van der Waals surface area contributed by atoms with Crippen LogP contribution in [-0.4, -0.2) is 22.9 Å². The van der Waals surface area contributed by atoms with Crippen LogP contribution in [0.15, 0.2) is 0 Å². The highest BCUT2D eigenvalue weighted by Gasteiger charge is 2.60. The van der Waals surface area contributed by atoms with E-state index in [1.165, 1.54) is 57.8 Å². The van der Waals surface area contributed by atoms with Gasteiger partial charge in [-0.25, -0.2) is 0 Å². The van der Waals surface area contributed by atoms with E-state index in [0.29, 0.717) is 11.3 Å². The third-order valence-corrected chi connectivity index (χ3v) is 9.31. The second-order valence-corrected chi connectivity index (χ2v) is 9.88. The molecule has 4 aliphatic rings. The van der Waals surface area contributed by atoms with Gasteiger partial charge in [0.15, 0.2) is 0 Å². The molecule has 0 aliphatic heterocycles. The smallest absolute Gasteiger partial charge is 0.0804 e. The van der Waals surface area contributed by atoms with E-state index in [-0.39, 0.29) is 12.0 Å². The Balaban J connectivity index is 1.60. The first-order valence-electron chi connectivity index (χ1n) is 10.3. The predicted molar refractivity (Wildman–Crippen MR) is 92.9 cm³/mol. The fourth-order valence-electron chi connectivity index (χ4n) is 8.10. The fourth-order valence-corrected chi connectivity index (χ4v) is 8.10. The summed E-state index contributed by atoms with van der Waals surface area (Å²) in [5.74, 6) is 3.94. The van der Waals surface area contributed by atoms with Crippen LogP contribution in [0.2, 0.25) is 0 Å². The highest BCUT2D eigenvalue weighted by molar-refractivity contribution is 5.09. The van der Waals surface area contributed by atoms with Gasteiger partial charge in [0, 0.05) is 0 Å². The summed E-state index contributed by atoms with van der Waals surface area (Å²) in [7, 11) is 0. The molecule has 23 heavy (non-hydrogen) atoms. The summed E-state index contributed by atoms with van der Waals surface area (Å²) >= 11 is 0. The van der Waals surface area contributed by atoms with Crippen molar-refractivity contribution in [3.8, 4) is 0 Å². The van der Waals surface area contributed by atoms with Crippen molar-refractivity contribution in [1.29, 1.82) is 0 Å². The average Bonchev–Trinajstić information content (AvgIpc) is 2.91. The van der Waals surface area contributed by atoms with Crippen molar-refractivity contribution in [1.82, 2.24) is 0 Å². The molecule has 0 saturated heterocycles. The van der Waals surface area contributed by atoms with E-state index in [4.69, 9.17) is 0 Å². The number of hydrogen-bond acceptors (Lipinski definition) is 2. The zero-order chi connectivity index (χ0) is 16.2. The maximum absolute atomic E-state index is 10.3. The van der Waals surface area contributed by atoms with Gasteiger partial charge in [0.2, 0.25) is 0 Å². The van der Waals surface area contributed by atoms with Crippen molar-refractivity contribution in [2.24, 2.45) is 40.4 Å². The van der Waals surface area contributed by atoms with Crippen molar-refractivity contribution in [2.75, 3.05) is 6.61 Å². The van der Waals surface area contributed by atoms with E-state index in [2.05, 4.69) is 13.8 Å². The van der Waals surface area contributed by atoms with Crippen molar-refractivity contribution in [2.45, 2.75) is 84.2 Å². The molecule has 0 aromatic heterocycles. The first-order valence-corrected chi connectivity index (χ1v) is 10.3. The van der Waals surface area contributed by atoms with Crippen molar-refractivity contribution >= 4 is 0 Å². The molecule has 8 atom stereocenters. The largest absolute Gasteiger partial charge is 0.394 e. The van der Waals surface area contributed by atoms with Gasteiger partial charge in [-0.3, -0.25) is 0 Å². The van der Waals surface area contributed by atoms with Crippen LogP contribution in [-0.2, 0) is 0 Å². The van der Waals surface area contributed by atoms with Gasteiger partial charge in [0.25, 0.3) is 0 Å². The quantitative estimate of drug-likeness (QED) is 0.792. The minimum absolute atomic E-state index is 0.0547. The molecule has 132 valence electrons. The average molecular weight is 321 g/mol. The molecule has 4 aliphatic carbocycles. The zero-order valence-corrected chi connectivity index (χ0v) is 15.1. The molecule has 4 saturated carbocycles. The molecule has 0 amide bonds. The number of aliphatic hydroxyl groups is 2. The Hall–Kier alpha value is -0.0800. The molecule has 5 unspecified atom stereocenters. The third kappa shape index (κ3) is 2.27. The summed E-state index contributed by atoms with van der Waals surface area (Å²) in [5.41, 5.74) is 0.886. The molecule has 0 bridgehead atoms. The normalized spacial score (nSPS) is 54.0. The van der Waals surface area contributed by atoms with Gasteiger partial charge < -0.3 is 10.2 Å². The molecular formula is C21H36O2. The number of hydrogen-bond donors (Lipinski definition) is 2. The van der Waals surface area contributed by atoms with Crippen molar-refractivity contribution < 1.29 is 10.2 Å². The molecule has 4 rings (SSSR count). The second kappa shape index (κ2) is 5.73. The minimum atomic E-state index is -0.497. The minimum Gasteiger partial charge on any atom is -0.394 e. The molecular weight excluding hydrogens is 284 g/mol. The summed E-state index contributed by atoms with van der Waals surface area (Å²) in [4.78, 5) is 0. The van der Waals surface area contributed by atoms with Gasteiger partial charge in [-0.1, -0.05) is 26.7 Å². The van der Waals surface area contributed by atoms with Crippen LogP contribution in [0.4, 0.5) is 0 Å². The Labute approximate surface area is 142 Å². The molecule has 4 fully saturated rings. The molecule has 0 radical (unpaired) electrons. The SMILES string of the molecule is CC12CCCC[C@H]1CCC1C2CC[C@@]2(C)C1CC[C@@H]2C(O)CO. The highest BCUT2D eigenvalue weighted by Crippen LogP contribution is 2.67. The Bertz CT molecular complexity index is 449. The lowest BCUT2D eigenvalue weighted by molar-refractivity contribution is -0.122. The van der Waals surface area contributed by atoms with Gasteiger partial charge in [-0.05, 0) is 91.8 Å². The van der Waals surface area contributed by atoms with Gasteiger partial charge >= 0.3 is 0 Å². The Morgan fingerprint density at radius 3 is 2.43 bits per heavy atom. The van der Waals surface area contributed by atoms with E-state index < -0.39 is 6.10 Å². The van der Waals surface area contributed by atoms with Gasteiger partial charge in [-0.2, -0.15) is 0 Å². The molecule has 0 spiro atoms. The molecule has 2 heteroatoms. The Morgan fingerprint density at radius 2 is 1.65 bits per heavy atom. The first-order chi connectivity index (χ1) is 11.0. The number of rotatable bonds is 2. The van der Waals surface area contributed by atoms with Crippen molar-refractivity contribution in [3.05, 3.63) is 0 Å². The lowest BCUT2D eigenvalue weighted by Crippen LogP contribution is -2.53. The van der Waals surface area contributed by atoms with Crippen LogP contribution in [0.25, 0.3) is 0 Å². The third-order valence-electron chi connectivity index (χ3n) is 9.31. The second-order valence-electron chi connectivity index (χ2n) is 9.88. The monoisotopic (exact) mass is 320 g/mol.